The lowest BCUT2D eigenvalue weighted by Crippen LogP contribution is -2.40. The quantitative estimate of drug-likeness (QED) is 0.639. The highest BCUT2D eigenvalue weighted by Crippen LogP contribution is 2.26. The van der Waals surface area contributed by atoms with Crippen molar-refractivity contribution in [3.63, 3.8) is 0 Å². The molecule has 1 saturated heterocycles. The molecule has 0 bridgehead atoms. The van der Waals surface area contributed by atoms with Crippen LogP contribution in [-0.2, 0) is 13.5 Å². The highest BCUT2D eigenvalue weighted by Gasteiger charge is 2.26. The Labute approximate surface area is 155 Å². The second-order valence-electron chi connectivity index (χ2n) is 6.71. The Balaban J connectivity index is 1.58. The van der Waals surface area contributed by atoms with E-state index in [1.165, 1.54) is 11.1 Å². The number of methoxy groups -OCH3 is 1. The Kier molecular flexibility index (Phi) is 6.15. The van der Waals surface area contributed by atoms with Gasteiger partial charge in [0.25, 0.3) is 0 Å². The van der Waals surface area contributed by atoms with Gasteiger partial charge in [-0.15, -0.1) is 0 Å². The summed E-state index contributed by atoms with van der Waals surface area (Å²) in [4.78, 5) is 7.22. The van der Waals surface area contributed by atoms with Crippen LogP contribution in [0.4, 0.5) is 0 Å². The van der Waals surface area contributed by atoms with Crippen LogP contribution in [0.1, 0.15) is 30.4 Å². The third-order valence-corrected chi connectivity index (χ3v) is 4.84. The largest absolute Gasteiger partial charge is 0.497 e. The van der Waals surface area contributed by atoms with Crippen LogP contribution >= 0.6 is 0 Å². The third kappa shape index (κ3) is 4.56. The lowest BCUT2D eigenvalue weighted by atomic mass is 10.0. The molecule has 140 valence electrons. The van der Waals surface area contributed by atoms with E-state index >= 15 is 0 Å². The molecule has 1 aliphatic rings. The average molecular weight is 355 g/mol. The standard InChI is InChI=1S/C20H29N5O/c1-4-21-20(22-11-9-16-5-7-19(26-3)8-6-16)25-12-10-17(15-25)18-13-23-24(2)14-18/h5-8,13-14,17H,4,9-12,15H2,1-3H3,(H,21,22). The Bertz CT molecular complexity index is 722. The maximum atomic E-state index is 5.21. The fourth-order valence-electron chi connectivity index (χ4n) is 3.38. The van der Waals surface area contributed by atoms with Crippen molar-refractivity contribution < 1.29 is 4.74 Å². The Morgan fingerprint density at radius 3 is 2.81 bits per heavy atom. The van der Waals surface area contributed by atoms with Crippen molar-refractivity contribution in [2.75, 3.05) is 33.3 Å². The summed E-state index contributed by atoms with van der Waals surface area (Å²) >= 11 is 0. The first-order valence-electron chi connectivity index (χ1n) is 9.34. The number of hydrogen-bond acceptors (Lipinski definition) is 3. The van der Waals surface area contributed by atoms with E-state index in [1.807, 2.05) is 30.1 Å². The molecule has 1 atom stereocenters. The number of aryl methyl sites for hydroxylation is 1. The lowest BCUT2D eigenvalue weighted by molar-refractivity contribution is 0.414. The molecule has 0 aliphatic carbocycles. The predicted molar refractivity (Wildman–Crippen MR) is 105 cm³/mol. The molecule has 1 fully saturated rings. The average Bonchev–Trinajstić information content (AvgIpc) is 3.30. The molecule has 2 aromatic rings. The van der Waals surface area contributed by atoms with Crippen molar-refractivity contribution >= 4 is 5.96 Å². The van der Waals surface area contributed by atoms with Crippen molar-refractivity contribution in [1.82, 2.24) is 20.0 Å². The zero-order chi connectivity index (χ0) is 18.4. The fourth-order valence-corrected chi connectivity index (χ4v) is 3.38. The van der Waals surface area contributed by atoms with E-state index in [2.05, 4.69) is 40.6 Å². The van der Waals surface area contributed by atoms with Crippen molar-refractivity contribution in [3.8, 4) is 5.75 Å². The van der Waals surface area contributed by atoms with Gasteiger partial charge in [0, 0.05) is 45.3 Å². The van der Waals surface area contributed by atoms with Gasteiger partial charge in [0.2, 0.25) is 0 Å². The van der Waals surface area contributed by atoms with Crippen LogP contribution in [0.2, 0.25) is 0 Å². The smallest absolute Gasteiger partial charge is 0.193 e. The van der Waals surface area contributed by atoms with Crippen LogP contribution in [0.25, 0.3) is 0 Å². The maximum absolute atomic E-state index is 5.21. The number of likely N-dealkylation sites (tertiary alicyclic amines) is 1. The summed E-state index contributed by atoms with van der Waals surface area (Å²) < 4.78 is 7.09. The van der Waals surface area contributed by atoms with Gasteiger partial charge in [-0.1, -0.05) is 12.1 Å². The first-order chi connectivity index (χ1) is 12.7. The highest BCUT2D eigenvalue weighted by molar-refractivity contribution is 5.80. The van der Waals surface area contributed by atoms with Crippen LogP contribution in [0.5, 0.6) is 5.75 Å². The van der Waals surface area contributed by atoms with Gasteiger partial charge in [-0.25, -0.2) is 0 Å². The summed E-state index contributed by atoms with van der Waals surface area (Å²) in [6, 6.07) is 8.22. The fraction of sp³-hybridized carbons (Fsp3) is 0.500. The maximum Gasteiger partial charge on any atom is 0.193 e. The second-order valence-corrected chi connectivity index (χ2v) is 6.71. The topological polar surface area (TPSA) is 54.7 Å². The summed E-state index contributed by atoms with van der Waals surface area (Å²) in [7, 11) is 3.66. The van der Waals surface area contributed by atoms with E-state index in [0.717, 1.165) is 50.7 Å². The molecule has 1 aromatic heterocycles. The van der Waals surface area contributed by atoms with Crippen molar-refractivity contribution in [2.24, 2.45) is 12.0 Å². The van der Waals surface area contributed by atoms with E-state index in [9.17, 15) is 0 Å². The van der Waals surface area contributed by atoms with E-state index < -0.39 is 0 Å². The molecular formula is C20H29N5O. The molecule has 6 nitrogen and oxygen atoms in total. The number of nitrogens with one attached hydrogen (secondary N) is 1. The van der Waals surface area contributed by atoms with Crippen LogP contribution < -0.4 is 10.1 Å². The number of rotatable bonds is 6. The SMILES string of the molecule is CCNC(=NCCc1ccc(OC)cc1)N1CCC(c2cnn(C)c2)C1. The number of benzene rings is 1. The van der Waals surface area contributed by atoms with Crippen LogP contribution in [0.3, 0.4) is 0 Å². The normalized spacial score (nSPS) is 17.6. The van der Waals surface area contributed by atoms with Gasteiger partial charge < -0.3 is 15.0 Å². The number of ether oxygens (including phenoxy) is 1. The summed E-state index contributed by atoms with van der Waals surface area (Å²) in [5.74, 6) is 2.45. The molecule has 1 N–H and O–H groups in total. The predicted octanol–water partition coefficient (Wildman–Crippen LogP) is 2.43. The summed E-state index contributed by atoms with van der Waals surface area (Å²) in [6.07, 6.45) is 6.19. The lowest BCUT2D eigenvalue weighted by Gasteiger charge is -2.21. The highest BCUT2D eigenvalue weighted by atomic mass is 16.5. The van der Waals surface area contributed by atoms with Crippen LogP contribution in [-0.4, -0.2) is 53.9 Å². The van der Waals surface area contributed by atoms with E-state index in [1.54, 1.807) is 7.11 Å². The Hall–Kier alpha value is -2.50. The van der Waals surface area contributed by atoms with Gasteiger partial charge in [-0.2, -0.15) is 5.10 Å². The molecule has 1 unspecified atom stereocenters. The summed E-state index contributed by atoms with van der Waals surface area (Å²) in [6.45, 7) is 5.82. The van der Waals surface area contributed by atoms with E-state index in [-0.39, 0.29) is 0 Å². The molecule has 3 rings (SSSR count). The molecule has 0 radical (unpaired) electrons. The molecule has 0 amide bonds. The molecule has 1 aromatic carbocycles. The molecule has 1 aliphatic heterocycles. The van der Waals surface area contributed by atoms with Crippen molar-refractivity contribution in [2.45, 2.75) is 25.7 Å². The van der Waals surface area contributed by atoms with E-state index in [0.29, 0.717) is 5.92 Å². The summed E-state index contributed by atoms with van der Waals surface area (Å²) in [5.41, 5.74) is 2.60. The van der Waals surface area contributed by atoms with Gasteiger partial charge in [-0.05, 0) is 43.0 Å². The minimum atomic E-state index is 0.536. The monoisotopic (exact) mass is 355 g/mol. The van der Waals surface area contributed by atoms with Crippen LogP contribution in [0.15, 0.2) is 41.7 Å². The van der Waals surface area contributed by atoms with Gasteiger partial charge >= 0.3 is 0 Å². The zero-order valence-corrected chi connectivity index (χ0v) is 16.0. The third-order valence-electron chi connectivity index (χ3n) is 4.84. The molecule has 2 heterocycles. The Morgan fingerprint density at radius 2 is 2.15 bits per heavy atom. The van der Waals surface area contributed by atoms with Gasteiger partial charge in [0.05, 0.1) is 13.3 Å². The molecule has 26 heavy (non-hydrogen) atoms. The summed E-state index contributed by atoms with van der Waals surface area (Å²) in [5, 5.41) is 7.75. The van der Waals surface area contributed by atoms with Crippen LogP contribution in [0, 0.1) is 0 Å². The number of aliphatic imine (C=N–C) groups is 1. The minimum Gasteiger partial charge on any atom is -0.497 e. The van der Waals surface area contributed by atoms with Crippen molar-refractivity contribution in [3.05, 3.63) is 47.8 Å². The zero-order valence-electron chi connectivity index (χ0n) is 16.0. The first kappa shape index (κ1) is 18.3. The number of aromatic nitrogens is 2. The van der Waals surface area contributed by atoms with Gasteiger partial charge in [-0.3, -0.25) is 9.67 Å². The first-order valence-corrected chi connectivity index (χ1v) is 9.34. The number of guanidine groups is 1. The van der Waals surface area contributed by atoms with Gasteiger partial charge in [0.15, 0.2) is 5.96 Å². The molecule has 0 spiro atoms. The minimum absolute atomic E-state index is 0.536. The van der Waals surface area contributed by atoms with Gasteiger partial charge in [0.1, 0.15) is 5.75 Å². The number of hydrogen-bond donors (Lipinski definition) is 1. The second kappa shape index (κ2) is 8.74. The number of nitrogens with zero attached hydrogens (tertiary/aromatic N) is 4. The molecule has 0 saturated carbocycles. The Morgan fingerprint density at radius 1 is 1.35 bits per heavy atom. The molecular weight excluding hydrogens is 326 g/mol. The van der Waals surface area contributed by atoms with Crippen molar-refractivity contribution in [1.29, 1.82) is 0 Å². The molecule has 6 heteroatoms. The van der Waals surface area contributed by atoms with E-state index in [4.69, 9.17) is 9.73 Å².